The number of aliphatic carboxylic acids is 1. The van der Waals surface area contributed by atoms with E-state index < -0.39 is 5.97 Å². The predicted molar refractivity (Wildman–Crippen MR) is 121 cm³/mol. The Balaban J connectivity index is 1.84. The summed E-state index contributed by atoms with van der Waals surface area (Å²) in [7, 11) is 0. The Morgan fingerprint density at radius 1 is 0.966 bits per heavy atom. The number of aromatic nitrogens is 1. The maximum absolute atomic E-state index is 11.1. The third-order valence-electron chi connectivity index (χ3n) is 5.68. The van der Waals surface area contributed by atoms with E-state index in [9.17, 15) is 4.79 Å². The van der Waals surface area contributed by atoms with Gasteiger partial charge >= 0.3 is 5.97 Å². The van der Waals surface area contributed by atoms with Crippen LogP contribution in [0.1, 0.15) is 63.0 Å². The van der Waals surface area contributed by atoms with Crippen molar-refractivity contribution in [3.8, 4) is 11.1 Å². The number of carboxylic acids is 1. The minimum atomic E-state index is -0.739. The molecule has 0 aliphatic carbocycles. The predicted octanol–water partition coefficient (Wildman–Crippen LogP) is 6.99. The molecular weight excluding hydrogens is 358 g/mol. The van der Waals surface area contributed by atoms with Crippen LogP contribution in [0.3, 0.4) is 0 Å². The zero-order valence-electron chi connectivity index (χ0n) is 17.8. The first kappa shape index (κ1) is 21.2. The van der Waals surface area contributed by atoms with Gasteiger partial charge in [-0.05, 0) is 48.6 Å². The van der Waals surface area contributed by atoms with E-state index in [0.29, 0.717) is 6.42 Å². The summed E-state index contributed by atoms with van der Waals surface area (Å²) >= 11 is 0. The summed E-state index contributed by atoms with van der Waals surface area (Å²) in [5.41, 5.74) is 6.00. The summed E-state index contributed by atoms with van der Waals surface area (Å²) in [5.74, 6) is -0.739. The normalized spacial score (nSPS) is 11.2. The van der Waals surface area contributed by atoms with Gasteiger partial charge in [-0.25, -0.2) is 0 Å². The van der Waals surface area contributed by atoms with Gasteiger partial charge in [-0.1, -0.05) is 74.9 Å². The van der Waals surface area contributed by atoms with Crippen LogP contribution in [0.15, 0.2) is 48.7 Å². The third-order valence-corrected chi connectivity index (χ3v) is 5.68. The lowest BCUT2D eigenvalue weighted by atomic mass is 10.00. The molecule has 1 aromatic heterocycles. The van der Waals surface area contributed by atoms with Crippen LogP contribution in [0.2, 0.25) is 0 Å². The number of nitrogens with zero attached hydrogens (tertiary/aromatic N) is 1. The molecule has 0 saturated heterocycles. The standard InChI is InChI=1S/C26H33NO2/c1-3-4-5-6-7-8-16-27-19-23(13-15-26(28)29)24-18-22(12-14-25(24)27)21-11-9-10-20(2)17-21/h9-12,14,17-19H,3-8,13,15-16H2,1-2H3,(H,28,29). The molecule has 0 aliphatic heterocycles. The van der Waals surface area contributed by atoms with Crippen LogP contribution < -0.4 is 0 Å². The van der Waals surface area contributed by atoms with E-state index in [4.69, 9.17) is 5.11 Å². The molecule has 1 N–H and O–H groups in total. The number of unbranched alkanes of at least 4 members (excludes halogenated alkanes) is 5. The van der Waals surface area contributed by atoms with Crippen molar-refractivity contribution in [3.63, 3.8) is 0 Å². The molecule has 0 aliphatic rings. The first-order valence-electron chi connectivity index (χ1n) is 11.0. The lowest BCUT2D eigenvalue weighted by Crippen LogP contribution is -1.98. The average molecular weight is 392 g/mol. The second-order valence-corrected chi connectivity index (χ2v) is 8.11. The Hall–Kier alpha value is -2.55. The van der Waals surface area contributed by atoms with Gasteiger partial charge in [0.25, 0.3) is 0 Å². The van der Waals surface area contributed by atoms with Crippen LogP contribution in [0.25, 0.3) is 22.0 Å². The summed E-state index contributed by atoms with van der Waals surface area (Å²) in [6.45, 7) is 5.35. The summed E-state index contributed by atoms with van der Waals surface area (Å²) < 4.78 is 2.33. The maximum Gasteiger partial charge on any atom is 0.303 e. The van der Waals surface area contributed by atoms with Crippen molar-refractivity contribution in [2.24, 2.45) is 0 Å². The molecule has 0 atom stereocenters. The highest BCUT2D eigenvalue weighted by Gasteiger charge is 2.11. The largest absolute Gasteiger partial charge is 0.481 e. The summed E-state index contributed by atoms with van der Waals surface area (Å²) in [6.07, 6.45) is 10.6. The first-order valence-corrected chi connectivity index (χ1v) is 11.0. The molecular formula is C26H33NO2. The maximum atomic E-state index is 11.1. The van der Waals surface area contributed by atoms with E-state index in [-0.39, 0.29) is 6.42 Å². The van der Waals surface area contributed by atoms with Gasteiger partial charge in [0.05, 0.1) is 0 Å². The van der Waals surface area contributed by atoms with Gasteiger partial charge in [0, 0.05) is 30.1 Å². The van der Waals surface area contributed by atoms with Crippen molar-refractivity contribution in [2.45, 2.75) is 71.8 Å². The highest BCUT2D eigenvalue weighted by Crippen LogP contribution is 2.29. The van der Waals surface area contributed by atoms with Crippen molar-refractivity contribution in [3.05, 3.63) is 59.8 Å². The van der Waals surface area contributed by atoms with Crippen molar-refractivity contribution < 1.29 is 9.90 Å². The van der Waals surface area contributed by atoms with E-state index >= 15 is 0 Å². The van der Waals surface area contributed by atoms with Crippen molar-refractivity contribution in [1.29, 1.82) is 0 Å². The van der Waals surface area contributed by atoms with Crippen LogP contribution in [0.5, 0.6) is 0 Å². The smallest absolute Gasteiger partial charge is 0.303 e. The Morgan fingerprint density at radius 2 is 1.72 bits per heavy atom. The number of hydrogen-bond donors (Lipinski definition) is 1. The van der Waals surface area contributed by atoms with Crippen LogP contribution in [0.4, 0.5) is 0 Å². The van der Waals surface area contributed by atoms with Gasteiger partial charge in [0.15, 0.2) is 0 Å². The summed E-state index contributed by atoms with van der Waals surface area (Å²) in [6, 6.07) is 15.2. The first-order chi connectivity index (χ1) is 14.1. The SMILES string of the molecule is CCCCCCCCn1cc(CCC(=O)O)c2cc(-c3cccc(C)c3)ccc21. The number of aryl methyl sites for hydroxylation is 3. The molecule has 0 unspecified atom stereocenters. The number of hydrogen-bond acceptors (Lipinski definition) is 1. The van der Waals surface area contributed by atoms with Gasteiger partial charge in [0.2, 0.25) is 0 Å². The van der Waals surface area contributed by atoms with Crippen LogP contribution >= 0.6 is 0 Å². The van der Waals surface area contributed by atoms with E-state index in [1.807, 2.05) is 0 Å². The molecule has 0 bridgehead atoms. The van der Waals surface area contributed by atoms with E-state index in [0.717, 1.165) is 12.1 Å². The van der Waals surface area contributed by atoms with Gasteiger partial charge in [-0.15, -0.1) is 0 Å². The summed E-state index contributed by atoms with van der Waals surface area (Å²) in [4.78, 5) is 11.1. The Morgan fingerprint density at radius 3 is 2.48 bits per heavy atom. The monoisotopic (exact) mass is 391 g/mol. The highest BCUT2D eigenvalue weighted by atomic mass is 16.4. The lowest BCUT2D eigenvalue weighted by molar-refractivity contribution is -0.136. The van der Waals surface area contributed by atoms with Gasteiger partial charge in [-0.3, -0.25) is 4.79 Å². The van der Waals surface area contributed by atoms with E-state index in [1.54, 1.807) is 0 Å². The fourth-order valence-corrected chi connectivity index (χ4v) is 4.06. The molecule has 3 nitrogen and oxygen atoms in total. The molecule has 154 valence electrons. The van der Waals surface area contributed by atoms with E-state index in [2.05, 4.69) is 67.1 Å². The quantitative estimate of drug-likeness (QED) is 0.358. The molecule has 29 heavy (non-hydrogen) atoms. The second-order valence-electron chi connectivity index (χ2n) is 8.11. The molecule has 2 aromatic carbocycles. The zero-order valence-corrected chi connectivity index (χ0v) is 17.8. The van der Waals surface area contributed by atoms with Crippen molar-refractivity contribution in [2.75, 3.05) is 0 Å². The summed E-state index contributed by atoms with van der Waals surface area (Å²) in [5, 5.41) is 10.3. The fraction of sp³-hybridized carbons (Fsp3) is 0.423. The number of rotatable bonds is 11. The average Bonchev–Trinajstić information content (AvgIpc) is 3.06. The molecule has 0 fully saturated rings. The van der Waals surface area contributed by atoms with Crippen molar-refractivity contribution in [1.82, 2.24) is 4.57 Å². The second kappa shape index (κ2) is 10.3. The number of carbonyl (C=O) groups is 1. The van der Waals surface area contributed by atoms with E-state index in [1.165, 1.54) is 66.1 Å². The molecule has 0 amide bonds. The van der Waals surface area contributed by atoms with Gasteiger partial charge in [-0.2, -0.15) is 0 Å². The topological polar surface area (TPSA) is 42.2 Å². The van der Waals surface area contributed by atoms with Crippen LogP contribution in [0, 0.1) is 6.92 Å². The lowest BCUT2D eigenvalue weighted by Gasteiger charge is -2.07. The molecule has 3 rings (SSSR count). The molecule has 0 spiro atoms. The van der Waals surface area contributed by atoms with Crippen LogP contribution in [-0.4, -0.2) is 15.6 Å². The Bertz CT molecular complexity index is 954. The number of fused-ring (bicyclic) bond motifs is 1. The van der Waals surface area contributed by atoms with Gasteiger partial charge in [0.1, 0.15) is 0 Å². The highest BCUT2D eigenvalue weighted by molar-refractivity contribution is 5.89. The molecule has 3 aromatic rings. The minimum absolute atomic E-state index is 0.171. The third kappa shape index (κ3) is 5.72. The molecule has 3 heteroatoms. The van der Waals surface area contributed by atoms with Gasteiger partial charge < -0.3 is 9.67 Å². The molecule has 0 saturated carbocycles. The molecule has 1 heterocycles. The zero-order chi connectivity index (χ0) is 20.6. The van der Waals surface area contributed by atoms with Crippen molar-refractivity contribution >= 4 is 16.9 Å². The number of carboxylic acid groups (broad SMARTS) is 1. The Kier molecular flexibility index (Phi) is 7.51. The Labute approximate surface area is 174 Å². The number of benzene rings is 2. The minimum Gasteiger partial charge on any atom is -0.481 e. The van der Waals surface area contributed by atoms with Crippen LogP contribution in [-0.2, 0) is 17.8 Å². The molecule has 0 radical (unpaired) electrons. The fourth-order valence-electron chi connectivity index (χ4n) is 4.06.